The van der Waals surface area contributed by atoms with Crippen LogP contribution in [-0.2, 0) is 11.3 Å². The average Bonchev–Trinajstić information content (AvgIpc) is 2.95. The van der Waals surface area contributed by atoms with E-state index in [1.165, 1.54) is 0 Å². The minimum atomic E-state index is -0.169. The smallest absolute Gasteiger partial charge is 0.231 e. The van der Waals surface area contributed by atoms with Crippen molar-refractivity contribution < 1.29 is 23.7 Å². The maximum atomic E-state index is 12.7. The SMILES string of the molecule is C=C(C)COc1ccc2c(c1)O/C(=C\c1cc(Br)cc3c1OCOC3)C2=O. The lowest BCUT2D eigenvalue weighted by atomic mass is 10.1. The molecule has 138 valence electrons. The Labute approximate surface area is 165 Å². The van der Waals surface area contributed by atoms with E-state index in [2.05, 4.69) is 22.5 Å². The molecule has 0 radical (unpaired) electrons. The van der Waals surface area contributed by atoms with E-state index in [-0.39, 0.29) is 18.3 Å². The molecule has 0 N–H and O–H groups in total. The van der Waals surface area contributed by atoms with E-state index in [0.717, 1.165) is 21.2 Å². The molecule has 6 heteroatoms. The Morgan fingerprint density at radius 1 is 1.33 bits per heavy atom. The summed E-state index contributed by atoms with van der Waals surface area (Å²) in [5, 5.41) is 0. The Balaban J connectivity index is 1.65. The summed E-state index contributed by atoms with van der Waals surface area (Å²) < 4.78 is 23.2. The third-order valence-electron chi connectivity index (χ3n) is 4.12. The number of ketones is 1. The topological polar surface area (TPSA) is 54.0 Å². The first-order chi connectivity index (χ1) is 13.0. The molecule has 0 unspecified atom stereocenters. The molecule has 0 amide bonds. The highest BCUT2D eigenvalue weighted by Crippen LogP contribution is 2.38. The molecule has 2 aromatic rings. The minimum Gasteiger partial charge on any atom is -0.489 e. The van der Waals surface area contributed by atoms with E-state index in [9.17, 15) is 4.79 Å². The van der Waals surface area contributed by atoms with Gasteiger partial charge in [-0.25, -0.2) is 0 Å². The van der Waals surface area contributed by atoms with Crippen molar-refractivity contribution in [3.8, 4) is 17.2 Å². The second kappa shape index (κ2) is 7.21. The summed E-state index contributed by atoms with van der Waals surface area (Å²) in [7, 11) is 0. The van der Waals surface area contributed by atoms with Crippen LogP contribution in [0.15, 0.2) is 52.7 Å². The van der Waals surface area contributed by atoms with Crippen molar-refractivity contribution in [2.75, 3.05) is 13.4 Å². The van der Waals surface area contributed by atoms with Crippen LogP contribution in [0.2, 0.25) is 0 Å². The Hall–Kier alpha value is -2.57. The van der Waals surface area contributed by atoms with Crippen LogP contribution in [0.1, 0.15) is 28.4 Å². The molecule has 4 rings (SSSR count). The first kappa shape index (κ1) is 17.8. The summed E-state index contributed by atoms with van der Waals surface area (Å²) in [4.78, 5) is 12.7. The van der Waals surface area contributed by atoms with Crippen LogP contribution in [0.5, 0.6) is 17.2 Å². The molecule has 0 aliphatic carbocycles. The van der Waals surface area contributed by atoms with Gasteiger partial charge in [-0.15, -0.1) is 0 Å². The van der Waals surface area contributed by atoms with E-state index in [4.69, 9.17) is 18.9 Å². The summed E-state index contributed by atoms with van der Waals surface area (Å²) in [5.74, 6) is 1.90. The van der Waals surface area contributed by atoms with Crippen LogP contribution in [0.3, 0.4) is 0 Å². The van der Waals surface area contributed by atoms with Gasteiger partial charge in [0.25, 0.3) is 0 Å². The van der Waals surface area contributed by atoms with Crippen LogP contribution in [0, 0.1) is 0 Å². The van der Waals surface area contributed by atoms with E-state index in [0.29, 0.717) is 36.0 Å². The predicted octanol–water partition coefficient (Wildman–Crippen LogP) is 4.89. The summed E-state index contributed by atoms with van der Waals surface area (Å²) in [6.07, 6.45) is 1.70. The van der Waals surface area contributed by atoms with Gasteiger partial charge in [0.15, 0.2) is 12.6 Å². The molecule has 5 nitrogen and oxygen atoms in total. The fourth-order valence-corrected chi connectivity index (χ4v) is 3.44. The number of ether oxygens (including phenoxy) is 4. The van der Waals surface area contributed by atoms with E-state index >= 15 is 0 Å². The molecule has 2 heterocycles. The second-order valence-electron chi connectivity index (χ2n) is 6.44. The number of rotatable bonds is 4. The third kappa shape index (κ3) is 3.63. The highest BCUT2D eigenvalue weighted by Gasteiger charge is 2.28. The van der Waals surface area contributed by atoms with Gasteiger partial charge in [0.1, 0.15) is 23.9 Å². The molecule has 0 bridgehead atoms. The standard InChI is InChI=1S/C21H17BrO5/c1-12(2)9-25-16-3-4-17-18(8-16)27-19(20(17)23)7-13-5-15(22)6-14-10-24-11-26-21(13)14/h3-8H,1,9-11H2,2H3/b19-7-. The molecule has 0 saturated heterocycles. The van der Waals surface area contributed by atoms with E-state index in [1.54, 1.807) is 24.3 Å². The number of benzene rings is 2. The number of hydrogen-bond acceptors (Lipinski definition) is 5. The van der Waals surface area contributed by atoms with Crippen LogP contribution in [0.25, 0.3) is 6.08 Å². The van der Waals surface area contributed by atoms with Gasteiger partial charge in [-0.1, -0.05) is 22.5 Å². The molecule has 27 heavy (non-hydrogen) atoms. The number of hydrogen-bond donors (Lipinski definition) is 0. The normalized spacial score (nSPS) is 16.4. The van der Waals surface area contributed by atoms with Gasteiger partial charge in [-0.3, -0.25) is 4.79 Å². The lowest BCUT2D eigenvalue weighted by Gasteiger charge is -2.20. The van der Waals surface area contributed by atoms with Crippen molar-refractivity contribution in [3.63, 3.8) is 0 Å². The van der Waals surface area contributed by atoms with Crippen molar-refractivity contribution in [3.05, 3.63) is 69.4 Å². The Morgan fingerprint density at radius 3 is 3.00 bits per heavy atom. The van der Waals surface area contributed by atoms with Gasteiger partial charge in [-0.2, -0.15) is 0 Å². The molecule has 2 aliphatic rings. The van der Waals surface area contributed by atoms with Gasteiger partial charge in [-0.05, 0) is 42.8 Å². The maximum Gasteiger partial charge on any atom is 0.231 e. The number of carbonyl (C=O) groups excluding carboxylic acids is 1. The summed E-state index contributed by atoms with van der Waals surface area (Å²) in [5.41, 5.74) is 3.10. The van der Waals surface area contributed by atoms with Crippen LogP contribution in [0.4, 0.5) is 0 Å². The lowest BCUT2D eigenvalue weighted by molar-refractivity contribution is -0.0165. The average molecular weight is 429 g/mol. The van der Waals surface area contributed by atoms with Crippen molar-refractivity contribution in [1.82, 2.24) is 0 Å². The van der Waals surface area contributed by atoms with Gasteiger partial charge in [0.2, 0.25) is 5.78 Å². The van der Waals surface area contributed by atoms with Crippen molar-refractivity contribution in [1.29, 1.82) is 0 Å². The van der Waals surface area contributed by atoms with Gasteiger partial charge in [0, 0.05) is 21.7 Å². The summed E-state index contributed by atoms with van der Waals surface area (Å²) in [6, 6.07) is 9.02. The number of allylic oxidation sites excluding steroid dienone is 1. The van der Waals surface area contributed by atoms with Crippen LogP contribution in [-0.4, -0.2) is 19.2 Å². The fourth-order valence-electron chi connectivity index (χ4n) is 2.92. The molecule has 0 atom stereocenters. The number of Topliss-reactive ketones (excluding diaryl/α,β-unsaturated/α-hetero) is 1. The van der Waals surface area contributed by atoms with E-state index < -0.39 is 0 Å². The molecule has 0 fully saturated rings. The maximum absolute atomic E-state index is 12.7. The molecule has 0 aromatic heterocycles. The lowest BCUT2D eigenvalue weighted by Crippen LogP contribution is -2.12. The zero-order chi connectivity index (χ0) is 19.0. The van der Waals surface area contributed by atoms with Crippen molar-refractivity contribution in [2.45, 2.75) is 13.5 Å². The zero-order valence-corrected chi connectivity index (χ0v) is 16.3. The van der Waals surface area contributed by atoms with E-state index in [1.807, 2.05) is 19.1 Å². The van der Waals surface area contributed by atoms with Crippen LogP contribution >= 0.6 is 15.9 Å². The highest BCUT2D eigenvalue weighted by atomic mass is 79.9. The number of fused-ring (bicyclic) bond motifs is 2. The predicted molar refractivity (Wildman–Crippen MR) is 104 cm³/mol. The number of halogens is 1. The third-order valence-corrected chi connectivity index (χ3v) is 4.57. The van der Waals surface area contributed by atoms with Crippen molar-refractivity contribution in [2.24, 2.45) is 0 Å². The van der Waals surface area contributed by atoms with Crippen molar-refractivity contribution >= 4 is 27.8 Å². The second-order valence-corrected chi connectivity index (χ2v) is 7.35. The van der Waals surface area contributed by atoms with Gasteiger partial charge in [0.05, 0.1) is 12.2 Å². The molecular weight excluding hydrogens is 412 g/mol. The molecular formula is C21H17BrO5. The first-order valence-electron chi connectivity index (χ1n) is 8.40. The zero-order valence-electron chi connectivity index (χ0n) is 14.7. The Kier molecular flexibility index (Phi) is 4.76. The molecule has 2 aliphatic heterocycles. The van der Waals surface area contributed by atoms with Gasteiger partial charge < -0.3 is 18.9 Å². The highest BCUT2D eigenvalue weighted by molar-refractivity contribution is 9.10. The first-order valence-corrected chi connectivity index (χ1v) is 9.19. The summed E-state index contributed by atoms with van der Waals surface area (Å²) in [6.45, 7) is 6.76. The molecule has 0 spiro atoms. The molecule has 0 saturated carbocycles. The largest absolute Gasteiger partial charge is 0.489 e. The fraction of sp³-hybridized carbons (Fsp3) is 0.190. The van der Waals surface area contributed by atoms with Gasteiger partial charge >= 0.3 is 0 Å². The summed E-state index contributed by atoms with van der Waals surface area (Å²) >= 11 is 3.48. The Morgan fingerprint density at radius 2 is 2.19 bits per heavy atom. The monoisotopic (exact) mass is 428 g/mol. The molecule has 2 aromatic carbocycles. The minimum absolute atomic E-state index is 0.169. The Bertz CT molecular complexity index is 977. The number of carbonyl (C=O) groups is 1. The van der Waals surface area contributed by atoms with Crippen LogP contribution < -0.4 is 14.2 Å². The quantitative estimate of drug-likeness (QED) is 0.512.